The molecule has 2 N–H and O–H groups in total. The predicted octanol–water partition coefficient (Wildman–Crippen LogP) is 3.75. The fourth-order valence-corrected chi connectivity index (χ4v) is 1.83. The number of para-hydroxylation sites is 2. The maximum absolute atomic E-state index is 13.0. The number of benzene rings is 2. The SMILES string of the molecule is Nc1ccccc1OCc1ccc(F)c(Br)c1. The number of hydrogen-bond donors (Lipinski definition) is 1. The Hall–Kier alpha value is -1.55. The highest BCUT2D eigenvalue weighted by Gasteiger charge is 2.02. The van der Waals surface area contributed by atoms with E-state index in [1.165, 1.54) is 6.07 Å². The minimum Gasteiger partial charge on any atom is -0.487 e. The highest BCUT2D eigenvalue weighted by molar-refractivity contribution is 9.10. The molecule has 0 aliphatic carbocycles. The molecule has 2 nitrogen and oxygen atoms in total. The molecular weight excluding hydrogens is 285 g/mol. The van der Waals surface area contributed by atoms with E-state index in [1.807, 2.05) is 12.1 Å². The number of hydrogen-bond acceptors (Lipinski definition) is 2. The van der Waals surface area contributed by atoms with Crippen molar-refractivity contribution < 1.29 is 9.13 Å². The Morgan fingerprint density at radius 2 is 1.94 bits per heavy atom. The Morgan fingerprint density at radius 3 is 2.65 bits per heavy atom. The van der Waals surface area contributed by atoms with Gasteiger partial charge in [-0.3, -0.25) is 0 Å². The molecule has 0 saturated carbocycles. The van der Waals surface area contributed by atoms with Gasteiger partial charge in [-0.2, -0.15) is 0 Å². The largest absolute Gasteiger partial charge is 0.487 e. The van der Waals surface area contributed by atoms with E-state index in [0.717, 1.165) is 5.56 Å². The Balaban J connectivity index is 2.08. The van der Waals surface area contributed by atoms with Gasteiger partial charge in [-0.25, -0.2) is 4.39 Å². The summed E-state index contributed by atoms with van der Waals surface area (Å²) in [6.45, 7) is 0.354. The van der Waals surface area contributed by atoms with Gasteiger partial charge < -0.3 is 10.5 Å². The molecule has 0 aliphatic heterocycles. The van der Waals surface area contributed by atoms with E-state index in [0.29, 0.717) is 22.5 Å². The summed E-state index contributed by atoms with van der Waals surface area (Å²) in [7, 11) is 0. The van der Waals surface area contributed by atoms with E-state index in [2.05, 4.69) is 15.9 Å². The van der Waals surface area contributed by atoms with Gasteiger partial charge in [0.15, 0.2) is 0 Å². The normalized spacial score (nSPS) is 10.2. The van der Waals surface area contributed by atoms with Crippen molar-refractivity contribution in [3.05, 3.63) is 58.3 Å². The van der Waals surface area contributed by atoms with E-state index in [1.54, 1.807) is 24.3 Å². The predicted molar refractivity (Wildman–Crippen MR) is 69.3 cm³/mol. The van der Waals surface area contributed by atoms with Crippen LogP contribution in [0.2, 0.25) is 0 Å². The molecule has 2 aromatic carbocycles. The van der Waals surface area contributed by atoms with Crippen LogP contribution in [0, 0.1) is 5.82 Å². The number of rotatable bonds is 3. The second-order valence-electron chi connectivity index (χ2n) is 3.57. The van der Waals surface area contributed by atoms with Crippen molar-refractivity contribution in [1.82, 2.24) is 0 Å². The zero-order valence-corrected chi connectivity index (χ0v) is 10.6. The Bertz CT molecular complexity index is 531. The first-order valence-corrected chi connectivity index (χ1v) is 5.87. The van der Waals surface area contributed by atoms with Crippen molar-refractivity contribution >= 4 is 21.6 Å². The van der Waals surface area contributed by atoms with Crippen LogP contribution in [-0.4, -0.2) is 0 Å². The second-order valence-corrected chi connectivity index (χ2v) is 4.43. The lowest BCUT2D eigenvalue weighted by molar-refractivity contribution is 0.307. The molecular formula is C13H11BrFNO. The Labute approximate surface area is 107 Å². The summed E-state index contributed by atoms with van der Waals surface area (Å²) >= 11 is 3.13. The topological polar surface area (TPSA) is 35.2 Å². The third-order valence-electron chi connectivity index (χ3n) is 2.30. The van der Waals surface area contributed by atoms with Crippen LogP contribution in [-0.2, 0) is 6.61 Å². The molecule has 88 valence electrons. The summed E-state index contributed by atoms with van der Waals surface area (Å²) in [5.41, 5.74) is 7.21. The van der Waals surface area contributed by atoms with E-state index in [4.69, 9.17) is 10.5 Å². The van der Waals surface area contributed by atoms with Gasteiger partial charge >= 0.3 is 0 Å². The van der Waals surface area contributed by atoms with E-state index in [-0.39, 0.29) is 5.82 Å². The monoisotopic (exact) mass is 295 g/mol. The third-order valence-corrected chi connectivity index (χ3v) is 2.91. The molecule has 0 spiro atoms. The number of nitrogen functional groups attached to an aromatic ring is 1. The van der Waals surface area contributed by atoms with Gasteiger partial charge in [0.05, 0.1) is 10.2 Å². The first kappa shape index (κ1) is 11.9. The standard InChI is InChI=1S/C13H11BrFNO/c14-10-7-9(5-6-11(10)15)8-17-13-4-2-1-3-12(13)16/h1-7H,8,16H2. The molecule has 2 rings (SSSR count). The van der Waals surface area contributed by atoms with Crippen LogP contribution in [0.25, 0.3) is 0 Å². The van der Waals surface area contributed by atoms with Gasteiger partial charge in [0.2, 0.25) is 0 Å². The van der Waals surface area contributed by atoms with Crippen LogP contribution in [0.5, 0.6) is 5.75 Å². The van der Waals surface area contributed by atoms with Gasteiger partial charge in [-0.15, -0.1) is 0 Å². The molecule has 17 heavy (non-hydrogen) atoms. The minimum atomic E-state index is -0.284. The molecule has 0 aromatic heterocycles. The maximum Gasteiger partial charge on any atom is 0.142 e. The van der Waals surface area contributed by atoms with Crippen LogP contribution in [0.15, 0.2) is 46.9 Å². The molecule has 0 saturated heterocycles. The fraction of sp³-hybridized carbons (Fsp3) is 0.0769. The van der Waals surface area contributed by atoms with Gasteiger partial charge in [-0.05, 0) is 45.8 Å². The number of anilines is 1. The average Bonchev–Trinajstić information content (AvgIpc) is 2.32. The Kier molecular flexibility index (Phi) is 3.64. The summed E-state index contributed by atoms with van der Waals surface area (Å²) in [4.78, 5) is 0. The summed E-state index contributed by atoms with van der Waals surface area (Å²) < 4.78 is 19.0. The highest BCUT2D eigenvalue weighted by Crippen LogP contribution is 2.22. The number of halogens is 2. The van der Waals surface area contributed by atoms with Crippen LogP contribution >= 0.6 is 15.9 Å². The van der Waals surface area contributed by atoms with Gasteiger partial charge in [0.1, 0.15) is 18.2 Å². The van der Waals surface area contributed by atoms with Gasteiger partial charge in [0.25, 0.3) is 0 Å². The lowest BCUT2D eigenvalue weighted by atomic mass is 10.2. The van der Waals surface area contributed by atoms with Gasteiger partial charge in [0, 0.05) is 0 Å². The summed E-state index contributed by atoms with van der Waals surface area (Å²) in [5.74, 6) is 0.348. The number of nitrogens with two attached hydrogens (primary N) is 1. The van der Waals surface area contributed by atoms with Gasteiger partial charge in [-0.1, -0.05) is 18.2 Å². The molecule has 0 atom stereocenters. The number of ether oxygens (including phenoxy) is 1. The lowest BCUT2D eigenvalue weighted by Crippen LogP contribution is -1.98. The summed E-state index contributed by atoms with van der Waals surface area (Å²) in [6.07, 6.45) is 0. The van der Waals surface area contributed by atoms with Crippen molar-refractivity contribution in [3.8, 4) is 5.75 Å². The lowest BCUT2D eigenvalue weighted by Gasteiger charge is -2.08. The van der Waals surface area contributed by atoms with Crippen LogP contribution in [0.3, 0.4) is 0 Å². The quantitative estimate of drug-likeness (QED) is 0.875. The molecule has 0 heterocycles. The van der Waals surface area contributed by atoms with E-state index >= 15 is 0 Å². The average molecular weight is 296 g/mol. The van der Waals surface area contributed by atoms with Crippen molar-refractivity contribution in [2.75, 3.05) is 5.73 Å². The van der Waals surface area contributed by atoms with Crippen molar-refractivity contribution in [1.29, 1.82) is 0 Å². The van der Waals surface area contributed by atoms with Crippen molar-refractivity contribution in [2.45, 2.75) is 6.61 Å². The van der Waals surface area contributed by atoms with Crippen molar-refractivity contribution in [2.24, 2.45) is 0 Å². The second kappa shape index (κ2) is 5.19. The van der Waals surface area contributed by atoms with Crippen LogP contribution in [0.4, 0.5) is 10.1 Å². The Morgan fingerprint density at radius 1 is 1.18 bits per heavy atom. The zero-order valence-electron chi connectivity index (χ0n) is 8.99. The fourth-order valence-electron chi connectivity index (χ4n) is 1.40. The first-order valence-electron chi connectivity index (χ1n) is 5.08. The highest BCUT2D eigenvalue weighted by atomic mass is 79.9. The summed E-state index contributed by atoms with van der Waals surface area (Å²) in [6, 6.07) is 12.0. The molecule has 0 radical (unpaired) electrons. The first-order chi connectivity index (χ1) is 8.16. The third kappa shape index (κ3) is 2.97. The van der Waals surface area contributed by atoms with E-state index in [9.17, 15) is 4.39 Å². The van der Waals surface area contributed by atoms with Crippen LogP contribution in [0.1, 0.15) is 5.56 Å². The van der Waals surface area contributed by atoms with Crippen LogP contribution < -0.4 is 10.5 Å². The molecule has 4 heteroatoms. The van der Waals surface area contributed by atoms with E-state index < -0.39 is 0 Å². The maximum atomic E-state index is 13.0. The zero-order chi connectivity index (χ0) is 12.3. The molecule has 0 aliphatic rings. The van der Waals surface area contributed by atoms with Crippen molar-refractivity contribution in [3.63, 3.8) is 0 Å². The summed E-state index contributed by atoms with van der Waals surface area (Å²) in [5, 5.41) is 0. The minimum absolute atomic E-state index is 0.284. The molecule has 0 fully saturated rings. The molecule has 0 unspecified atom stereocenters. The molecule has 2 aromatic rings. The molecule has 0 bridgehead atoms. The smallest absolute Gasteiger partial charge is 0.142 e. The molecule has 0 amide bonds.